The number of imide groups is 1. The SMILES string of the molecule is O=C1C2=C=CC=CC=C2C(=O)N1CCCO. The van der Waals surface area contributed by atoms with Crippen LogP contribution in [0.2, 0.25) is 0 Å². The van der Waals surface area contributed by atoms with Crippen LogP contribution >= 0.6 is 0 Å². The third-order valence-electron chi connectivity index (χ3n) is 2.44. The van der Waals surface area contributed by atoms with Gasteiger partial charge in [0.1, 0.15) is 0 Å². The molecule has 1 fully saturated rings. The van der Waals surface area contributed by atoms with E-state index in [0.29, 0.717) is 17.6 Å². The standard InChI is InChI=1S/C12H11NO3/c14-8-4-7-13-11(15)9-5-2-1-3-6-10(9)12(13)16/h1-3,5,14H,4,7-8H2. The van der Waals surface area contributed by atoms with E-state index >= 15 is 0 Å². The van der Waals surface area contributed by atoms with Gasteiger partial charge < -0.3 is 5.11 Å². The number of carbonyl (C=O) groups excluding carboxylic acids is 2. The van der Waals surface area contributed by atoms with E-state index < -0.39 is 0 Å². The first-order chi connectivity index (χ1) is 7.75. The summed E-state index contributed by atoms with van der Waals surface area (Å²) in [5.41, 5.74) is 3.49. The molecule has 1 N–H and O–H groups in total. The summed E-state index contributed by atoms with van der Waals surface area (Å²) in [5, 5.41) is 8.70. The molecule has 2 amide bonds. The topological polar surface area (TPSA) is 57.6 Å². The van der Waals surface area contributed by atoms with Gasteiger partial charge in [0.15, 0.2) is 0 Å². The lowest BCUT2D eigenvalue weighted by atomic mass is 10.1. The van der Waals surface area contributed by atoms with Gasteiger partial charge in [-0.1, -0.05) is 12.2 Å². The van der Waals surface area contributed by atoms with Crippen LogP contribution in [0.25, 0.3) is 0 Å². The Hall–Kier alpha value is -1.90. The molecule has 2 rings (SSSR count). The molecule has 1 saturated heterocycles. The third kappa shape index (κ3) is 1.65. The van der Waals surface area contributed by atoms with Gasteiger partial charge in [-0.25, -0.2) is 0 Å². The Kier molecular flexibility index (Phi) is 2.86. The Morgan fingerprint density at radius 3 is 2.81 bits per heavy atom. The van der Waals surface area contributed by atoms with Crippen molar-refractivity contribution in [3.8, 4) is 0 Å². The molecule has 16 heavy (non-hydrogen) atoms. The number of aliphatic hydroxyl groups excluding tert-OH is 1. The predicted octanol–water partition coefficient (Wildman–Crippen LogP) is 0.315. The average molecular weight is 217 g/mol. The minimum absolute atomic E-state index is 0.0368. The number of carbonyl (C=O) groups is 2. The highest BCUT2D eigenvalue weighted by molar-refractivity contribution is 6.24. The van der Waals surface area contributed by atoms with Crippen LogP contribution in [-0.2, 0) is 9.59 Å². The molecule has 4 nitrogen and oxygen atoms in total. The number of fused-ring (bicyclic) bond motifs is 1. The van der Waals surface area contributed by atoms with E-state index in [2.05, 4.69) is 5.73 Å². The van der Waals surface area contributed by atoms with Crippen molar-refractivity contribution in [2.75, 3.05) is 13.2 Å². The number of amides is 2. The van der Waals surface area contributed by atoms with Crippen molar-refractivity contribution in [2.45, 2.75) is 6.42 Å². The normalized spacial score (nSPS) is 18.4. The van der Waals surface area contributed by atoms with Crippen LogP contribution in [0, 0.1) is 0 Å². The fourth-order valence-corrected chi connectivity index (χ4v) is 1.66. The van der Waals surface area contributed by atoms with E-state index in [-0.39, 0.29) is 25.0 Å². The van der Waals surface area contributed by atoms with Gasteiger partial charge in [0.05, 0.1) is 11.1 Å². The molecule has 1 heterocycles. The minimum Gasteiger partial charge on any atom is -0.396 e. The third-order valence-corrected chi connectivity index (χ3v) is 2.44. The van der Waals surface area contributed by atoms with Crippen molar-refractivity contribution in [2.24, 2.45) is 0 Å². The Morgan fingerprint density at radius 1 is 1.25 bits per heavy atom. The van der Waals surface area contributed by atoms with Gasteiger partial charge in [0.25, 0.3) is 11.8 Å². The predicted molar refractivity (Wildman–Crippen MR) is 57.2 cm³/mol. The summed E-state index contributed by atoms with van der Waals surface area (Å²) in [6.45, 7) is 0.214. The molecule has 0 unspecified atom stereocenters. The molecule has 0 aromatic carbocycles. The lowest BCUT2D eigenvalue weighted by molar-refractivity contribution is -0.136. The van der Waals surface area contributed by atoms with Crippen molar-refractivity contribution in [3.05, 3.63) is 41.2 Å². The van der Waals surface area contributed by atoms with Gasteiger partial charge >= 0.3 is 0 Å². The first-order valence-corrected chi connectivity index (χ1v) is 5.07. The Morgan fingerprint density at radius 2 is 2.06 bits per heavy atom. The molecular formula is C12H11NO3. The van der Waals surface area contributed by atoms with E-state index in [4.69, 9.17) is 5.11 Å². The summed E-state index contributed by atoms with van der Waals surface area (Å²) in [5.74, 6) is -0.634. The number of allylic oxidation sites excluding steroid dienone is 3. The summed E-state index contributed by atoms with van der Waals surface area (Å²) < 4.78 is 0. The Balaban J connectivity index is 2.33. The molecule has 1 aliphatic carbocycles. The smallest absolute Gasteiger partial charge is 0.269 e. The van der Waals surface area contributed by atoms with Crippen LogP contribution in [0.3, 0.4) is 0 Å². The summed E-state index contributed by atoms with van der Waals surface area (Å²) >= 11 is 0. The second kappa shape index (κ2) is 4.31. The summed E-state index contributed by atoms with van der Waals surface area (Å²) in [4.78, 5) is 24.8. The second-order valence-corrected chi connectivity index (χ2v) is 3.49. The van der Waals surface area contributed by atoms with Crippen LogP contribution in [0.1, 0.15) is 6.42 Å². The maximum Gasteiger partial charge on any atom is 0.269 e. The Bertz CT molecular complexity index is 465. The number of hydrogen-bond donors (Lipinski definition) is 1. The molecule has 0 spiro atoms. The molecular weight excluding hydrogens is 206 g/mol. The van der Waals surface area contributed by atoms with Crippen LogP contribution in [0.5, 0.6) is 0 Å². The van der Waals surface area contributed by atoms with Gasteiger partial charge in [-0.15, -0.1) is 5.73 Å². The zero-order chi connectivity index (χ0) is 11.5. The lowest BCUT2D eigenvalue weighted by Crippen LogP contribution is -2.31. The Labute approximate surface area is 92.9 Å². The number of rotatable bonds is 3. The highest BCUT2D eigenvalue weighted by atomic mass is 16.3. The molecule has 0 saturated carbocycles. The van der Waals surface area contributed by atoms with Crippen molar-refractivity contribution >= 4 is 11.8 Å². The molecule has 0 aromatic heterocycles. The lowest BCUT2D eigenvalue weighted by Gasteiger charge is -2.11. The minimum atomic E-state index is -0.329. The molecule has 2 aliphatic rings. The maximum atomic E-state index is 11.9. The fraction of sp³-hybridized carbons (Fsp3) is 0.250. The fourth-order valence-electron chi connectivity index (χ4n) is 1.66. The zero-order valence-corrected chi connectivity index (χ0v) is 8.64. The van der Waals surface area contributed by atoms with Crippen LogP contribution < -0.4 is 0 Å². The molecule has 0 aromatic rings. The van der Waals surface area contributed by atoms with Gasteiger partial charge in [-0.3, -0.25) is 14.5 Å². The van der Waals surface area contributed by atoms with Gasteiger partial charge in [0.2, 0.25) is 0 Å². The van der Waals surface area contributed by atoms with Crippen molar-refractivity contribution in [1.29, 1.82) is 0 Å². The highest BCUT2D eigenvalue weighted by Crippen LogP contribution is 2.25. The quantitative estimate of drug-likeness (QED) is 0.547. The number of hydrogen-bond acceptors (Lipinski definition) is 3. The van der Waals surface area contributed by atoms with Gasteiger partial charge in [0, 0.05) is 13.2 Å². The molecule has 0 atom stereocenters. The van der Waals surface area contributed by atoms with Crippen molar-refractivity contribution in [3.63, 3.8) is 0 Å². The molecule has 82 valence electrons. The monoisotopic (exact) mass is 217 g/mol. The van der Waals surface area contributed by atoms with E-state index in [1.807, 2.05) is 0 Å². The van der Waals surface area contributed by atoms with E-state index in [1.165, 1.54) is 0 Å². The zero-order valence-electron chi connectivity index (χ0n) is 8.64. The largest absolute Gasteiger partial charge is 0.396 e. The molecule has 4 heteroatoms. The first kappa shape index (κ1) is 10.6. The number of aliphatic hydroxyl groups is 1. The van der Waals surface area contributed by atoms with Gasteiger partial charge in [-0.2, -0.15) is 0 Å². The van der Waals surface area contributed by atoms with Crippen molar-refractivity contribution < 1.29 is 14.7 Å². The summed E-state index contributed by atoms with van der Waals surface area (Å²) in [6.07, 6.45) is 7.05. The van der Waals surface area contributed by atoms with Crippen LogP contribution in [-0.4, -0.2) is 35.0 Å². The number of nitrogens with zero attached hydrogens (tertiary/aromatic N) is 1. The molecule has 0 radical (unpaired) electrons. The maximum absolute atomic E-state index is 11.9. The highest BCUT2D eigenvalue weighted by Gasteiger charge is 2.38. The molecule has 0 bridgehead atoms. The van der Waals surface area contributed by atoms with Crippen LogP contribution in [0.4, 0.5) is 0 Å². The van der Waals surface area contributed by atoms with E-state index in [1.54, 1.807) is 24.3 Å². The van der Waals surface area contributed by atoms with Crippen molar-refractivity contribution in [1.82, 2.24) is 4.90 Å². The van der Waals surface area contributed by atoms with Crippen LogP contribution in [0.15, 0.2) is 41.2 Å². The summed E-state index contributed by atoms with van der Waals surface area (Å²) in [7, 11) is 0. The first-order valence-electron chi connectivity index (χ1n) is 5.07. The average Bonchev–Trinajstić information content (AvgIpc) is 2.51. The number of likely N-dealkylation sites (tertiary alicyclic amines) is 1. The summed E-state index contributed by atoms with van der Waals surface area (Å²) in [6, 6.07) is 0. The van der Waals surface area contributed by atoms with Gasteiger partial charge in [-0.05, 0) is 18.6 Å². The molecule has 1 aliphatic heterocycles. The van der Waals surface area contributed by atoms with E-state index in [0.717, 1.165) is 4.90 Å². The van der Waals surface area contributed by atoms with E-state index in [9.17, 15) is 9.59 Å². The second-order valence-electron chi connectivity index (χ2n) is 3.49.